The van der Waals surface area contributed by atoms with Crippen LogP contribution in [0.1, 0.15) is 20.7 Å². The smallest absolute Gasteiger partial charge is 0.337 e. The van der Waals surface area contributed by atoms with Crippen LogP contribution in [-0.4, -0.2) is 60.1 Å². The quantitative estimate of drug-likeness (QED) is 0.215. The molecule has 0 spiro atoms. The third kappa shape index (κ3) is 5.61. The van der Waals surface area contributed by atoms with Gasteiger partial charge in [0.25, 0.3) is 5.91 Å². The van der Waals surface area contributed by atoms with Crippen molar-refractivity contribution in [3.63, 3.8) is 0 Å². The number of anilines is 1. The topological polar surface area (TPSA) is 171 Å². The Kier molecular flexibility index (Phi) is 9.58. The van der Waals surface area contributed by atoms with Crippen LogP contribution >= 0.6 is 67.8 Å². The third-order valence-corrected chi connectivity index (χ3v) is 6.49. The van der Waals surface area contributed by atoms with Gasteiger partial charge in [-0.25, -0.2) is 4.79 Å². The summed E-state index contributed by atoms with van der Waals surface area (Å²) in [5.74, 6) is -3.24. The number of hydrogen-bond acceptors (Lipinski definition) is 6. The number of aromatic carboxylic acids is 1. The summed E-state index contributed by atoms with van der Waals surface area (Å²) in [6.45, 7) is -0.975. The first kappa shape index (κ1) is 24.2. The first-order chi connectivity index (χ1) is 12.6. The predicted molar refractivity (Wildman–Crippen MR) is 122 cm³/mol. The van der Waals surface area contributed by atoms with Gasteiger partial charge < -0.3 is 31.9 Å². The Balaban J connectivity index is 3.57. The molecule has 0 aliphatic carbocycles. The molecule has 0 bridgehead atoms. The van der Waals surface area contributed by atoms with Crippen molar-refractivity contribution in [1.29, 1.82) is 0 Å². The Labute approximate surface area is 194 Å². The van der Waals surface area contributed by atoms with Crippen LogP contribution in [0.5, 0.6) is 0 Å². The van der Waals surface area contributed by atoms with Crippen LogP contribution in [0, 0.1) is 10.7 Å². The van der Waals surface area contributed by atoms with E-state index in [2.05, 4.69) is 16.0 Å². The maximum absolute atomic E-state index is 12.7. The van der Waals surface area contributed by atoms with Gasteiger partial charge in [-0.2, -0.15) is 0 Å². The standard InChI is InChI=1S/C14H15I3N4O6/c1-19-12(24)4(3-22)20-13(25)6-8(15)7(14(26)27)10(17)11(9(6)16)21-5(23)2-18/h4,22H,2-3,18H2,1H3,(H,19,24)(H,20,25)(H,21,23)(H,26,27). The van der Waals surface area contributed by atoms with E-state index in [1.807, 2.05) is 0 Å². The molecule has 0 heterocycles. The zero-order chi connectivity index (χ0) is 20.9. The molecule has 0 aliphatic rings. The molecule has 1 atom stereocenters. The fraction of sp³-hybridized carbons (Fsp3) is 0.286. The molecule has 0 radical (unpaired) electrons. The highest BCUT2D eigenvalue weighted by molar-refractivity contribution is 14.1. The van der Waals surface area contributed by atoms with E-state index in [-0.39, 0.29) is 34.1 Å². The molecule has 0 saturated carbocycles. The van der Waals surface area contributed by atoms with Gasteiger partial charge in [-0.15, -0.1) is 0 Å². The lowest BCUT2D eigenvalue weighted by Gasteiger charge is -2.20. The Morgan fingerprint density at radius 1 is 1.07 bits per heavy atom. The summed E-state index contributed by atoms with van der Waals surface area (Å²) in [5.41, 5.74) is 5.22. The maximum atomic E-state index is 12.7. The highest BCUT2D eigenvalue weighted by Gasteiger charge is 2.30. The van der Waals surface area contributed by atoms with Gasteiger partial charge in [0.15, 0.2) is 0 Å². The highest BCUT2D eigenvalue weighted by atomic mass is 127. The Morgan fingerprint density at radius 3 is 2.07 bits per heavy atom. The third-order valence-electron chi connectivity index (χ3n) is 3.26. The number of aliphatic hydroxyl groups excluding tert-OH is 1. The average molecular weight is 716 g/mol. The molecular formula is C14H15I3N4O6. The summed E-state index contributed by atoms with van der Waals surface area (Å²) in [6.07, 6.45) is 0. The molecule has 1 aromatic rings. The molecule has 0 fully saturated rings. The lowest BCUT2D eigenvalue weighted by molar-refractivity contribution is -0.123. The van der Waals surface area contributed by atoms with Crippen molar-refractivity contribution < 1.29 is 29.4 Å². The molecule has 7 N–H and O–H groups in total. The largest absolute Gasteiger partial charge is 0.478 e. The van der Waals surface area contributed by atoms with E-state index in [4.69, 9.17) is 5.73 Å². The van der Waals surface area contributed by atoms with Crippen LogP contribution in [0.25, 0.3) is 0 Å². The molecular weight excluding hydrogens is 701 g/mol. The minimum atomic E-state index is -1.29. The van der Waals surface area contributed by atoms with Gasteiger partial charge in [-0.05, 0) is 67.8 Å². The monoisotopic (exact) mass is 716 g/mol. The number of carboxylic acids is 1. The van der Waals surface area contributed by atoms with Crippen molar-refractivity contribution >= 4 is 97.2 Å². The molecule has 0 saturated heterocycles. The van der Waals surface area contributed by atoms with E-state index >= 15 is 0 Å². The summed E-state index contributed by atoms with van der Waals surface area (Å²) in [5, 5.41) is 26.0. The number of nitrogens with two attached hydrogens (primary N) is 1. The van der Waals surface area contributed by atoms with Crippen LogP contribution < -0.4 is 21.7 Å². The van der Waals surface area contributed by atoms with Crippen LogP contribution in [-0.2, 0) is 9.59 Å². The van der Waals surface area contributed by atoms with Crippen molar-refractivity contribution in [2.24, 2.45) is 5.73 Å². The van der Waals surface area contributed by atoms with Gasteiger partial charge in [0.2, 0.25) is 11.8 Å². The van der Waals surface area contributed by atoms with Crippen molar-refractivity contribution in [3.05, 3.63) is 21.8 Å². The van der Waals surface area contributed by atoms with E-state index in [0.29, 0.717) is 0 Å². The van der Waals surface area contributed by atoms with Crippen LogP contribution in [0.3, 0.4) is 0 Å². The van der Waals surface area contributed by atoms with E-state index in [1.54, 1.807) is 67.8 Å². The summed E-state index contributed by atoms with van der Waals surface area (Å²) >= 11 is 5.28. The number of carbonyl (C=O) groups is 4. The molecule has 0 aromatic heterocycles. The molecule has 0 aliphatic heterocycles. The SMILES string of the molecule is CNC(=O)C(CO)NC(=O)c1c(I)c(NC(=O)CN)c(I)c(C(=O)O)c1I. The predicted octanol–water partition coefficient (Wildman–Crippen LogP) is -0.0675. The minimum Gasteiger partial charge on any atom is -0.478 e. The Hall–Kier alpha value is -0.790. The van der Waals surface area contributed by atoms with E-state index in [9.17, 15) is 29.4 Å². The number of nitrogens with one attached hydrogen (secondary N) is 3. The number of rotatable bonds is 7. The van der Waals surface area contributed by atoms with Gasteiger partial charge in [0.05, 0.1) is 37.1 Å². The second-order valence-corrected chi connectivity index (χ2v) is 8.18. The van der Waals surface area contributed by atoms with Crippen molar-refractivity contribution in [2.45, 2.75) is 6.04 Å². The van der Waals surface area contributed by atoms with Crippen molar-refractivity contribution in [3.8, 4) is 0 Å². The fourth-order valence-electron chi connectivity index (χ4n) is 1.95. The number of carboxylic acid groups (broad SMARTS) is 1. The molecule has 10 nitrogen and oxygen atoms in total. The molecule has 1 unspecified atom stereocenters. The number of halogens is 3. The number of hydrogen-bond donors (Lipinski definition) is 6. The van der Waals surface area contributed by atoms with E-state index < -0.39 is 36.3 Å². The molecule has 1 aromatic carbocycles. The zero-order valence-corrected chi connectivity index (χ0v) is 20.2. The molecule has 148 valence electrons. The van der Waals surface area contributed by atoms with Crippen LogP contribution in [0.4, 0.5) is 5.69 Å². The van der Waals surface area contributed by atoms with Crippen molar-refractivity contribution in [2.75, 3.05) is 25.5 Å². The second kappa shape index (κ2) is 10.7. The Bertz CT molecular complexity index is 802. The van der Waals surface area contributed by atoms with Crippen LogP contribution in [0.15, 0.2) is 0 Å². The van der Waals surface area contributed by atoms with Gasteiger partial charge in [0.1, 0.15) is 6.04 Å². The second-order valence-electron chi connectivity index (χ2n) is 4.95. The number of benzene rings is 1. The number of amides is 3. The first-order valence-corrected chi connectivity index (χ1v) is 10.4. The van der Waals surface area contributed by atoms with E-state index in [1.165, 1.54) is 7.05 Å². The van der Waals surface area contributed by atoms with Crippen molar-refractivity contribution in [1.82, 2.24) is 10.6 Å². The minimum absolute atomic E-state index is 0.0382. The average Bonchev–Trinajstić information content (AvgIpc) is 2.61. The molecule has 1 rings (SSSR count). The van der Waals surface area contributed by atoms with Gasteiger partial charge >= 0.3 is 5.97 Å². The van der Waals surface area contributed by atoms with Gasteiger partial charge in [0, 0.05) is 10.6 Å². The fourth-order valence-corrected chi connectivity index (χ4v) is 6.34. The zero-order valence-electron chi connectivity index (χ0n) is 13.7. The highest BCUT2D eigenvalue weighted by Crippen LogP contribution is 2.35. The summed E-state index contributed by atoms with van der Waals surface area (Å²) in [4.78, 5) is 47.8. The number of carbonyl (C=O) groups excluding carboxylic acids is 3. The summed E-state index contributed by atoms with van der Waals surface area (Å²) in [7, 11) is 1.35. The number of likely N-dealkylation sites (N-methyl/N-ethyl adjacent to an activating group) is 1. The molecule has 27 heavy (non-hydrogen) atoms. The lowest BCUT2D eigenvalue weighted by Crippen LogP contribution is -2.48. The Morgan fingerprint density at radius 2 is 1.63 bits per heavy atom. The normalized spacial score (nSPS) is 11.5. The van der Waals surface area contributed by atoms with E-state index in [0.717, 1.165) is 0 Å². The molecule has 3 amide bonds. The summed E-state index contributed by atoms with van der Waals surface area (Å²) in [6, 6.07) is -1.22. The maximum Gasteiger partial charge on any atom is 0.337 e. The summed E-state index contributed by atoms with van der Waals surface area (Å²) < 4.78 is 0.641. The van der Waals surface area contributed by atoms with Crippen LogP contribution in [0.2, 0.25) is 0 Å². The first-order valence-electron chi connectivity index (χ1n) is 7.17. The van der Waals surface area contributed by atoms with Gasteiger partial charge in [-0.1, -0.05) is 0 Å². The lowest BCUT2D eigenvalue weighted by atomic mass is 10.1. The van der Waals surface area contributed by atoms with Gasteiger partial charge in [-0.3, -0.25) is 14.4 Å². The number of aliphatic hydroxyl groups is 1. The molecule has 13 heteroatoms.